The predicted molar refractivity (Wildman–Crippen MR) is 177 cm³/mol. The lowest BCUT2D eigenvalue weighted by Gasteiger charge is -2.40. The number of nitrogens with zero attached hydrogens (tertiary/aromatic N) is 2. The summed E-state index contributed by atoms with van der Waals surface area (Å²) in [6.45, 7) is -0.249. The summed E-state index contributed by atoms with van der Waals surface area (Å²) in [5, 5.41) is 26.4. The molecular weight excluding hydrogens is 676 g/mol. The molecule has 1 fully saturated rings. The van der Waals surface area contributed by atoms with E-state index in [4.69, 9.17) is 0 Å². The predicted octanol–water partition coefficient (Wildman–Crippen LogP) is 5.76. The van der Waals surface area contributed by atoms with Crippen molar-refractivity contribution < 1.29 is 40.7 Å². The van der Waals surface area contributed by atoms with E-state index in [1.807, 2.05) is 0 Å². The fourth-order valence-electron chi connectivity index (χ4n) is 6.11. The molecule has 0 aromatic heterocycles. The molecule has 50 heavy (non-hydrogen) atoms. The highest BCUT2D eigenvalue weighted by molar-refractivity contribution is 7.89. The largest absolute Gasteiger partial charge is 0.417 e. The molecule has 0 radical (unpaired) electrons. The first kappa shape index (κ1) is 36.2. The molecule has 0 unspecified atom stereocenters. The highest BCUT2D eigenvalue weighted by Gasteiger charge is 2.46. The van der Waals surface area contributed by atoms with Crippen LogP contribution in [0.5, 0.6) is 0 Å². The highest BCUT2D eigenvalue weighted by atomic mass is 32.2. The molecule has 0 bridgehead atoms. The van der Waals surface area contributed by atoms with Crippen LogP contribution in [0.3, 0.4) is 0 Å². The molecule has 1 aliphatic heterocycles. The zero-order valence-electron chi connectivity index (χ0n) is 26.7. The van der Waals surface area contributed by atoms with Crippen molar-refractivity contribution in [2.75, 3.05) is 25.5 Å². The van der Waals surface area contributed by atoms with Crippen LogP contribution in [-0.2, 0) is 27.4 Å². The van der Waals surface area contributed by atoms with E-state index in [0.29, 0.717) is 28.3 Å². The minimum absolute atomic E-state index is 0.00645. The van der Waals surface area contributed by atoms with Crippen molar-refractivity contribution in [2.24, 2.45) is 5.92 Å². The van der Waals surface area contributed by atoms with Crippen LogP contribution in [0.25, 0.3) is 11.1 Å². The summed E-state index contributed by atoms with van der Waals surface area (Å²) in [6, 6.07) is 22.3. The maximum atomic E-state index is 14.0. The second-order valence-corrected chi connectivity index (χ2v) is 13.9. The Labute approximate surface area is 286 Å². The molecule has 1 atom stereocenters. The third-order valence-electron chi connectivity index (χ3n) is 8.75. The quantitative estimate of drug-likeness (QED) is 0.189. The first-order valence-corrected chi connectivity index (χ1v) is 16.9. The number of halogens is 4. The number of nitrogens with one attached hydrogen (secondary N) is 2. The average molecular weight is 709 g/mol. The molecule has 0 saturated carbocycles. The number of nitriles is 1. The summed E-state index contributed by atoms with van der Waals surface area (Å²) in [4.78, 5) is 25.9. The fourth-order valence-corrected chi connectivity index (χ4v) is 7.61. The Morgan fingerprint density at radius 2 is 1.60 bits per heavy atom. The van der Waals surface area contributed by atoms with Crippen LogP contribution in [0.15, 0.2) is 95.9 Å². The summed E-state index contributed by atoms with van der Waals surface area (Å²) >= 11 is 0. The molecule has 3 N–H and O–H groups in total. The van der Waals surface area contributed by atoms with E-state index in [1.54, 1.807) is 48.5 Å². The minimum atomic E-state index is -4.89. The first-order chi connectivity index (χ1) is 23.6. The maximum absolute atomic E-state index is 14.0. The lowest BCUT2D eigenvalue weighted by molar-refractivity contribution is -0.142. The summed E-state index contributed by atoms with van der Waals surface area (Å²) < 4.78 is 82.6. The number of sulfonamides is 1. The zero-order chi connectivity index (χ0) is 36.3. The highest BCUT2D eigenvalue weighted by Crippen LogP contribution is 2.37. The molecule has 0 spiro atoms. The van der Waals surface area contributed by atoms with Gasteiger partial charge in [0.25, 0.3) is 11.8 Å². The molecule has 4 aromatic carbocycles. The van der Waals surface area contributed by atoms with Gasteiger partial charge in [0.1, 0.15) is 11.4 Å². The van der Waals surface area contributed by atoms with Gasteiger partial charge in [-0.1, -0.05) is 42.5 Å². The van der Waals surface area contributed by atoms with Crippen LogP contribution in [0, 0.1) is 23.1 Å². The van der Waals surface area contributed by atoms with E-state index < -0.39 is 50.6 Å². The maximum Gasteiger partial charge on any atom is 0.417 e. The topological polar surface area (TPSA) is 140 Å². The molecule has 14 heteroatoms. The second-order valence-electron chi connectivity index (χ2n) is 11.9. The third kappa shape index (κ3) is 7.70. The van der Waals surface area contributed by atoms with E-state index in [0.717, 1.165) is 28.6 Å². The van der Waals surface area contributed by atoms with Gasteiger partial charge in [0.05, 0.1) is 22.1 Å². The summed E-state index contributed by atoms with van der Waals surface area (Å²) in [5.41, 5.74) is -2.22. The number of hydrogen-bond acceptors (Lipinski definition) is 6. The van der Waals surface area contributed by atoms with Gasteiger partial charge >= 0.3 is 6.18 Å². The molecule has 2 amide bonds. The number of rotatable bonds is 9. The normalized spacial score (nSPS) is 15.5. The molecule has 1 saturated heterocycles. The van der Waals surface area contributed by atoms with Crippen molar-refractivity contribution in [3.8, 4) is 17.2 Å². The fraction of sp³-hybridized carbons (Fsp3) is 0.250. The van der Waals surface area contributed by atoms with Crippen molar-refractivity contribution >= 4 is 27.5 Å². The van der Waals surface area contributed by atoms with Crippen molar-refractivity contribution in [1.29, 1.82) is 5.26 Å². The third-order valence-corrected chi connectivity index (χ3v) is 10.6. The van der Waals surface area contributed by atoms with E-state index in [9.17, 15) is 45.9 Å². The van der Waals surface area contributed by atoms with Gasteiger partial charge in [0, 0.05) is 37.8 Å². The van der Waals surface area contributed by atoms with Gasteiger partial charge in [-0.15, -0.1) is 0 Å². The van der Waals surface area contributed by atoms with E-state index in [-0.39, 0.29) is 48.8 Å². The standard InChI is InChI=1S/C36H32F4N4O5S/c1-42-33(45)26-8-3-7-25(18-26)24-6-2-5-23(17-24)21-35(47,34(46)43-30-12-11-27(22-41)32(20-30)36(38,39)40)28-13-15-44(16-14-28)50(48,49)31-10-4-9-29(37)19-31/h2-12,17-20,28,47H,13-16,21H2,1H3,(H,42,45)(H,43,46)/t35-/m1/s1. The molecule has 5 rings (SSSR count). The number of benzene rings is 4. The van der Waals surface area contributed by atoms with E-state index >= 15 is 0 Å². The zero-order valence-corrected chi connectivity index (χ0v) is 27.5. The monoisotopic (exact) mass is 708 g/mol. The Morgan fingerprint density at radius 3 is 2.24 bits per heavy atom. The second kappa shape index (κ2) is 14.4. The van der Waals surface area contributed by atoms with Crippen molar-refractivity contribution in [3.05, 3.63) is 119 Å². The Bertz CT molecular complexity index is 2080. The number of aliphatic hydroxyl groups is 1. The Kier molecular flexibility index (Phi) is 10.4. The number of anilines is 1. The average Bonchev–Trinajstić information content (AvgIpc) is 3.11. The van der Waals surface area contributed by atoms with Gasteiger partial charge < -0.3 is 15.7 Å². The van der Waals surface area contributed by atoms with Gasteiger partial charge in [-0.2, -0.15) is 22.7 Å². The molecule has 1 aliphatic rings. The summed E-state index contributed by atoms with van der Waals surface area (Å²) in [5.74, 6) is -2.90. The van der Waals surface area contributed by atoms with Gasteiger partial charge in [-0.05, 0) is 84.0 Å². The number of piperidine rings is 1. The van der Waals surface area contributed by atoms with Crippen molar-refractivity contribution in [3.63, 3.8) is 0 Å². The molecule has 260 valence electrons. The van der Waals surface area contributed by atoms with Gasteiger partial charge in [0.15, 0.2) is 0 Å². The molecule has 1 heterocycles. The van der Waals surface area contributed by atoms with Crippen LogP contribution >= 0.6 is 0 Å². The Morgan fingerprint density at radius 1 is 0.940 bits per heavy atom. The van der Waals surface area contributed by atoms with Gasteiger partial charge in [0.2, 0.25) is 10.0 Å². The molecule has 4 aromatic rings. The van der Waals surface area contributed by atoms with Crippen molar-refractivity contribution in [2.45, 2.75) is 35.9 Å². The van der Waals surface area contributed by atoms with Crippen molar-refractivity contribution in [1.82, 2.24) is 9.62 Å². The van der Waals surface area contributed by atoms with Crippen LogP contribution in [0.2, 0.25) is 0 Å². The lowest BCUT2D eigenvalue weighted by Crippen LogP contribution is -2.54. The Balaban J connectivity index is 1.47. The smallest absolute Gasteiger partial charge is 0.379 e. The van der Waals surface area contributed by atoms with E-state index in [1.165, 1.54) is 25.2 Å². The molecule has 0 aliphatic carbocycles. The molecular formula is C36H32F4N4O5S. The lowest BCUT2D eigenvalue weighted by atomic mass is 9.76. The number of carbonyl (C=O) groups excluding carboxylic acids is 2. The summed E-state index contributed by atoms with van der Waals surface area (Å²) in [7, 11) is -2.60. The Hall–Kier alpha value is -5.10. The number of amides is 2. The number of carbonyl (C=O) groups is 2. The first-order valence-electron chi connectivity index (χ1n) is 15.5. The SMILES string of the molecule is CNC(=O)c1cccc(-c2cccc(C[C@](O)(C(=O)Nc3ccc(C#N)c(C(F)(F)F)c3)C3CCN(S(=O)(=O)c4cccc(F)c4)CC3)c2)c1. The number of hydrogen-bond donors (Lipinski definition) is 3. The summed E-state index contributed by atoms with van der Waals surface area (Å²) in [6.07, 6.45) is -5.20. The molecule has 9 nitrogen and oxygen atoms in total. The van der Waals surface area contributed by atoms with Crippen LogP contribution < -0.4 is 10.6 Å². The van der Waals surface area contributed by atoms with E-state index in [2.05, 4.69) is 10.6 Å². The van der Waals surface area contributed by atoms with Gasteiger partial charge in [-0.25, -0.2) is 12.8 Å². The van der Waals surface area contributed by atoms with Crippen LogP contribution in [0.1, 0.15) is 39.9 Å². The number of alkyl halides is 3. The van der Waals surface area contributed by atoms with Crippen LogP contribution in [0.4, 0.5) is 23.2 Å². The van der Waals surface area contributed by atoms with Gasteiger partial charge in [-0.3, -0.25) is 9.59 Å². The van der Waals surface area contributed by atoms with Crippen LogP contribution in [-0.4, -0.2) is 55.4 Å². The minimum Gasteiger partial charge on any atom is -0.379 e.